The summed E-state index contributed by atoms with van der Waals surface area (Å²) in [5.74, 6) is 0.688. The second kappa shape index (κ2) is 5.46. The van der Waals surface area contributed by atoms with Crippen molar-refractivity contribution in [1.82, 2.24) is 9.97 Å². The van der Waals surface area contributed by atoms with Crippen LogP contribution in [0.3, 0.4) is 0 Å². The van der Waals surface area contributed by atoms with Crippen LogP contribution in [0.25, 0.3) is 11.4 Å². The summed E-state index contributed by atoms with van der Waals surface area (Å²) in [6.07, 6.45) is 0.897. The van der Waals surface area contributed by atoms with Crippen LogP contribution in [-0.4, -0.2) is 9.97 Å². The molecule has 2 rings (SSSR count). The molecule has 94 valence electrons. The Morgan fingerprint density at radius 2 is 2.06 bits per heavy atom. The van der Waals surface area contributed by atoms with Crippen molar-refractivity contribution in [2.45, 2.75) is 26.8 Å². The summed E-state index contributed by atoms with van der Waals surface area (Å²) in [6, 6.07) is 7.54. The molecule has 0 aliphatic carbocycles. The van der Waals surface area contributed by atoms with Crippen LogP contribution in [0.1, 0.15) is 23.9 Å². The molecule has 0 fully saturated rings. The maximum atomic E-state index is 5.99. The lowest BCUT2D eigenvalue weighted by atomic mass is 10.1. The van der Waals surface area contributed by atoms with Crippen molar-refractivity contribution in [2.24, 2.45) is 5.73 Å². The molecule has 0 radical (unpaired) electrons. The quantitative estimate of drug-likeness (QED) is 0.924. The summed E-state index contributed by atoms with van der Waals surface area (Å²) in [5, 5.41) is 0.683. The van der Waals surface area contributed by atoms with Crippen molar-refractivity contribution in [3.63, 3.8) is 0 Å². The number of aromatic nitrogens is 2. The molecule has 1 aromatic carbocycles. The molecule has 3 nitrogen and oxygen atoms in total. The second-order valence-corrected chi connectivity index (χ2v) is 4.56. The minimum Gasteiger partial charge on any atom is -0.325 e. The van der Waals surface area contributed by atoms with Gasteiger partial charge in [-0.1, -0.05) is 30.7 Å². The highest BCUT2D eigenvalue weighted by Gasteiger charge is 2.10. The zero-order valence-corrected chi connectivity index (χ0v) is 11.3. The van der Waals surface area contributed by atoms with Crippen molar-refractivity contribution in [3.8, 4) is 11.4 Å². The summed E-state index contributed by atoms with van der Waals surface area (Å²) in [7, 11) is 0. The molecule has 2 N–H and O–H groups in total. The maximum absolute atomic E-state index is 5.99. The standard InChI is InChI=1S/C14H16ClN3/c1-3-12-9(2)17-14(18-13(12)8-16)10-5-4-6-11(15)7-10/h4-7H,3,8,16H2,1-2H3. The van der Waals surface area contributed by atoms with Gasteiger partial charge in [0.2, 0.25) is 0 Å². The Kier molecular flexibility index (Phi) is 3.94. The lowest BCUT2D eigenvalue weighted by Gasteiger charge is -2.10. The van der Waals surface area contributed by atoms with Gasteiger partial charge in [0.25, 0.3) is 0 Å². The number of nitrogens with zero attached hydrogens (tertiary/aromatic N) is 2. The van der Waals surface area contributed by atoms with E-state index in [1.165, 1.54) is 0 Å². The zero-order chi connectivity index (χ0) is 13.1. The van der Waals surface area contributed by atoms with E-state index in [9.17, 15) is 0 Å². The molecule has 0 aliphatic rings. The molecule has 0 unspecified atom stereocenters. The highest BCUT2D eigenvalue weighted by Crippen LogP contribution is 2.22. The second-order valence-electron chi connectivity index (χ2n) is 4.13. The van der Waals surface area contributed by atoms with Crippen LogP contribution in [0.2, 0.25) is 5.02 Å². The van der Waals surface area contributed by atoms with Crippen LogP contribution < -0.4 is 5.73 Å². The first-order valence-corrected chi connectivity index (χ1v) is 6.36. The molecule has 2 aromatic rings. The molecule has 1 heterocycles. The fraction of sp³-hybridized carbons (Fsp3) is 0.286. The van der Waals surface area contributed by atoms with Crippen molar-refractivity contribution < 1.29 is 0 Å². The molecule has 0 spiro atoms. The predicted molar refractivity (Wildman–Crippen MR) is 74.5 cm³/mol. The molecule has 0 saturated carbocycles. The van der Waals surface area contributed by atoms with E-state index in [0.29, 0.717) is 17.4 Å². The Labute approximate surface area is 112 Å². The zero-order valence-electron chi connectivity index (χ0n) is 10.6. The Bertz CT molecular complexity index is 567. The topological polar surface area (TPSA) is 51.8 Å². The van der Waals surface area contributed by atoms with Gasteiger partial charge in [-0.2, -0.15) is 0 Å². The van der Waals surface area contributed by atoms with E-state index in [-0.39, 0.29) is 0 Å². The van der Waals surface area contributed by atoms with Gasteiger partial charge in [-0.15, -0.1) is 0 Å². The summed E-state index contributed by atoms with van der Waals surface area (Å²) >= 11 is 5.99. The average Bonchev–Trinajstić information content (AvgIpc) is 2.37. The van der Waals surface area contributed by atoms with E-state index in [0.717, 1.165) is 28.9 Å². The van der Waals surface area contributed by atoms with Crippen LogP contribution in [0.15, 0.2) is 24.3 Å². The summed E-state index contributed by atoms with van der Waals surface area (Å²) in [6.45, 7) is 4.51. The van der Waals surface area contributed by atoms with Crippen LogP contribution in [0, 0.1) is 6.92 Å². The average molecular weight is 262 g/mol. The van der Waals surface area contributed by atoms with Gasteiger partial charge in [0.15, 0.2) is 5.82 Å². The molecule has 18 heavy (non-hydrogen) atoms. The van der Waals surface area contributed by atoms with Gasteiger partial charge >= 0.3 is 0 Å². The molecule has 4 heteroatoms. The number of aryl methyl sites for hydroxylation is 1. The molecule has 0 aliphatic heterocycles. The number of hydrogen-bond donors (Lipinski definition) is 1. The third-order valence-corrected chi connectivity index (χ3v) is 3.16. The molecular formula is C14H16ClN3. The molecule has 0 bridgehead atoms. The summed E-state index contributed by atoms with van der Waals surface area (Å²) in [4.78, 5) is 9.08. The third kappa shape index (κ3) is 2.52. The van der Waals surface area contributed by atoms with Gasteiger partial charge in [0, 0.05) is 22.8 Å². The van der Waals surface area contributed by atoms with Gasteiger partial charge in [0.05, 0.1) is 5.69 Å². The van der Waals surface area contributed by atoms with Gasteiger partial charge < -0.3 is 5.73 Å². The summed E-state index contributed by atoms with van der Waals surface area (Å²) < 4.78 is 0. The van der Waals surface area contributed by atoms with Crippen LogP contribution >= 0.6 is 11.6 Å². The van der Waals surface area contributed by atoms with E-state index in [4.69, 9.17) is 17.3 Å². The maximum Gasteiger partial charge on any atom is 0.159 e. The lowest BCUT2D eigenvalue weighted by Crippen LogP contribution is -2.09. The Hall–Kier alpha value is -1.45. The first kappa shape index (κ1) is 13.0. The van der Waals surface area contributed by atoms with Gasteiger partial charge in [-0.3, -0.25) is 0 Å². The monoisotopic (exact) mass is 261 g/mol. The van der Waals surface area contributed by atoms with E-state index in [1.54, 1.807) is 0 Å². The smallest absolute Gasteiger partial charge is 0.159 e. The molecule has 0 atom stereocenters. The number of rotatable bonds is 3. The normalized spacial score (nSPS) is 10.7. The third-order valence-electron chi connectivity index (χ3n) is 2.93. The Balaban J connectivity index is 2.56. The van der Waals surface area contributed by atoms with Crippen LogP contribution in [-0.2, 0) is 13.0 Å². The minimum atomic E-state index is 0.431. The molecule has 1 aromatic heterocycles. The first-order chi connectivity index (χ1) is 8.65. The predicted octanol–water partition coefficient (Wildman–Crippen LogP) is 3.13. The van der Waals surface area contributed by atoms with Gasteiger partial charge in [0.1, 0.15) is 0 Å². The van der Waals surface area contributed by atoms with Crippen LogP contribution in [0.4, 0.5) is 0 Å². The van der Waals surface area contributed by atoms with Gasteiger partial charge in [-0.25, -0.2) is 9.97 Å². The highest BCUT2D eigenvalue weighted by molar-refractivity contribution is 6.30. The highest BCUT2D eigenvalue weighted by atomic mass is 35.5. The Morgan fingerprint density at radius 3 is 2.67 bits per heavy atom. The minimum absolute atomic E-state index is 0.431. The van der Waals surface area contributed by atoms with Crippen molar-refractivity contribution in [1.29, 1.82) is 0 Å². The number of nitrogens with two attached hydrogens (primary N) is 1. The van der Waals surface area contributed by atoms with E-state index >= 15 is 0 Å². The van der Waals surface area contributed by atoms with E-state index in [1.807, 2.05) is 31.2 Å². The SMILES string of the molecule is CCc1c(C)nc(-c2cccc(Cl)c2)nc1CN. The fourth-order valence-corrected chi connectivity index (χ4v) is 2.23. The molecule has 0 saturated heterocycles. The van der Waals surface area contributed by atoms with Crippen molar-refractivity contribution in [3.05, 3.63) is 46.2 Å². The van der Waals surface area contributed by atoms with E-state index in [2.05, 4.69) is 16.9 Å². The number of benzene rings is 1. The van der Waals surface area contributed by atoms with Crippen molar-refractivity contribution in [2.75, 3.05) is 0 Å². The van der Waals surface area contributed by atoms with E-state index < -0.39 is 0 Å². The molecular weight excluding hydrogens is 246 g/mol. The largest absolute Gasteiger partial charge is 0.325 e. The van der Waals surface area contributed by atoms with Crippen molar-refractivity contribution >= 4 is 11.6 Å². The lowest BCUT2D eigenvalue weighted by molar-refractivity contribution is 0.891. The van der Waals surface area contributed by atoms with Gasteiger partial charge in [-0.05, 0) is 31.0 Å². The fourth-order valence-electron chi connectivity index (χ4n) is 2.04. The summed E-state index contributed by atoms with van der Waals surface area (Å²) in [5.41, 5.74) is 9.72. The van der Waals surface area contributed by atoms with Crippen LogP contribution in [0.5, 0.6) is 0 Å². The Morgan fingerprint density at radius 1 is 1.28 bits per heavy atom. The number of hydrogen-bond acceptors (Lipinski definition) is 3. The first-order valence-electron chi connectivity index (χ1n) is 5.98. The molecule has 0 amide bonds. The number of halogens is 1.